The van der Waals surface area contributed by atoms with Crippen molar-refractivity contribution in [1.29, 1.82) is 0 Å². The molecule has 32 heavy (non-hydrogen) atoms. The quantitative estimate of drug-likeness (QED) is 0.581. The third kappa shape index (κ3) is 6.00. The molecule has 0 aliphatic carbocycles. The van der Waals surface area contributed by atoms with E-state index in [1.165, 1.54) is 0 Å². The molecule has 1 fully saturated rings. The van der Waals surface area contributed by atoms with Gasteiger partial charge in [-0.3, -0.25) is 14.4 Å². The van der Waals surface area contributed by atoms with Crippen molar-refractivity contribution in [3.05, 3.63) is 59.7 Å². The largest absolute Gasteiger partial charge is 0.497 e. The second-order valence-electron chi connectivity index (χ2n) is 7.55. The van der Waals surface area contributed by atoms with Crippen LogP contribution in [0.3, 0.4) is 0 Å². The normalized spacial score (nSPS) is 15.2. The summed E-state index contributed by atoms with van der Waals surface area (Å²) in [4.78, 5) is 39.2. The highest BCUT2D eigenvalue weighted by Gasteiger charge is 2.33. The Morgan fingerprint density at radius 1 is 0.906 bits per heavy atom. The maximum absolute atomic E-state index is 12.8. The molecule has 2 aromatic rings. The summed E-state index contributed by atoms with van der Waals surface area (Å²) in [5.74, 6) is 0.930. The second kappa shape index (κ2) is 11.2. The summed E-state index contributed by atoms with van der Waals surface area (Å²) in [6, 6.07) is 13.7. The lowest BCUT2D eigenvalue weighted by atomic mass is 10.1. The standard InChI is InChI=1S/C24H29N3O5/c1-31-19-9-5-17(6-10-19)16-22(28)27-15-3-4-21(27)24(30)26-14-13-25-23(29)18-7-11-20(32-2)12-8-18/h5-12,21H,3-4,13-16H2,1-2H3,(H,25,29)(H,26,30)/t21-/m0/s1. The van der Waals surface area contributed by atoms with Crippen LogP contribution in [0.1, 0.15) is 28.8 Å². The van der Waals surface area contributed by atoms with Gasteiger partial charge in [0.15, 0.2) is 0 Å². The molecule has 1 atom stereocenters. The number of methoxy groups -OCH3 is 2. The molecule has 8 heteroatoms. The van der Waals surface area contributed by atoms with E-state index < -0.39 is 6.04 Å². The van der Waals surface area contributed by atoms with Crippen LogP contribution in [0.2, 0.25) is 0 Å². The second-order valence-corrected chi connectivity index (χ2v) is 7.55. The Labute approximate surface area is 187 Å². The summed E-state index contributed by atoms with van der Waals surface area (Å²) >= 11 is 0. The van der Waals surface area contributed by atoms with Crippen molar-refractivity contribution in [2.75, 3.05) is 33.9 Å². The number of carbonyl (C=O) groups excluding carboxylic acids is 3. The Bertz CT molecular complexity index is 928. The zero-order valence-corrected chi connectivity index (χ0v) is 18.4. The topological polar surface area (TPSA) is 97.0 Å². The molecule has 1 aliphatic heterocycles. The highest BCUT2D eigenvalue weighted by Crippen LogP contribution is 2.20. The van der Waals surface area contributed by atoms with Crippen LogP contribution >= 0.6 is 0 Å². The molecule has 1 saturated heterocycles. The van der Waals surface area contributed by atoms with Gasteiger partial charge in [-0.1, -0.05) is 12.1 Å². The molecular formula is C24H29N3O5. The minimum Gasteiger partial charge on any atom is -0.497 e. The molecule has 8 nitrogen and oxygen atoms in total. The SMILES string of the molecule is COc1ccc(CC(=O)N2CCC[C@H]2C(=O)NCCNC(=O)c2ccc(OC)cc2)cc1. The van der Waals surface area contributed by atoms with E-state index in [4.69, 9.17) is 9.47 Å². The van der Waals surface area contributed by atoms with Crippen LogP contribution in [-0.4, -0.2) is 62.5 Å². The first-order chi connectivity index (χ1) is 15.5. The molecule has 3 amide bonds. The summed E-state index contributed by atoms with van der Waals surface area (Å²) in [6.45, 7) is 1.15. The molecule has 3 rings (SSSR count). The van der Waals surface area contributed by atoms with Gasteiger partial charge in [-0.2, -0.15) is 0 Å². The Hall–Kier alpha value is -3.55. The van der Waals surface area contributed by atoms with E-state index in [1.54, 1.807) is 43.4 Å². The Balaban J connectivity index is 1.44. The first-order valence-corrected chi connectivity index (χ1v) is 10.6. The van der Waals surface area contributed by atoms with E-state index in [-0.39, 0.29) is 30.7 Å². The molecule has 0 bridgehead atoms. The predicted octanol–water partition coefficient (Wildman–Crippen LogP) is 1.78. The molecule has 1 heterocycles. The van der Waals surface area contributed by atoms with Crippen molar-refractivity contribution >= 4 is 17.7 Å². The summed E-state index contributed by atoms with van der Waals surface area (Å²) < 4.78 is 10.2. The molecule has 2 aromatic carbocycles. The van der Waals surface area contributed by atoms with Gasteiger partial charge in [-0.05, 0) is 54.8 Å². The Kier molecular flexibility index (Phi) is 8.08. The lowest BCUT2D eigenvalue weighted by Gasteiger charge is -2.24. The third-order valence-electron chi connectivity index (χ3n) is 5.45. The molecule has 170 valence electrons. The van der Waals surface area contributed by atoms with Crippen LogP contribution in [0, 0.1) is 0 Å². The monoisotopic (exact) mass is 439 g/mol. The van der Waals surface area contributed by atoms with E-state index >= 15 is 0 Å². The Morgan fingerprint density at radius 2 is 1.50 bits per heavy atom. The predicted molar refractivity (Wildman–Crippen MR) is 120 cm³/mol. The van der Waals surface area contributed by atoms with Crippen LogP contribution in [0.25, 0.3) is 0 Å². The van der Waals surface area contributed by atoms with E-state index in [0.29, 0.717) is 30.8 Å². The summed E-state index contributed by atoms with van der Waals surface area (Å²) in [6.07, 6.45) is 1.67. The maximum Gasteiger partial charge on any atom is 0.251 e. The first kappa shape index (κ1) is 23.1. The van der Waals surface area contributed by atoms with Crippen molar-refractivity contribution in [1.82, 2.24) is 15.5 Å². The number of carbonyl (C=O) groups is 3. The van der Waals surface area contributed by atoms with Crippen LogP contribution in [-0.2, 0) is 16.0 Å². The fraction of sp³-hybridized carbons (Fsp3) is 0.375. The molecule has 0 spiro atoms. The van der Waals surface area contributed by atoms with Crippen LogP contribution in [0.5, 0.6) is 11.5 Å². The van der Waals surface area contributed by atoms with Crippen LogP contribution in [0.4, 0.5) is 0 Å². The lowest BCUT2D eigenvalue weighted by molar-refractivity contribution is -0.137. The van der Waals surface area contributed by atoms with Crippen LogP contribution in [0.15, 0.2) is 48.5 Å². The molecule has 0 radical (unpaired) electrons. The van der Waals surface area contributed by atoms with E-state index in [9.17, 15) is 14.4 Å². The number of nitrogens with one attached hydrogen (secondary N) is 2. The average Bonchev–Trinajstić information content (AvgIpc) is 3.32. The maximum atomic E-state index is 12.8. The van der Waals surface area contributed by atoms with Crippen molar-refractivity contribution in [3.8, 4) is 11.5 Å². The van der Waals surface area contributed by atoms with E-state index in [0.717, 1.165) is 17.7 Å². The van der Waals surface area contributed by atoms with Gasteiger partial charge in [0.05, 0.1) is 20.6 Å². The lowest BCUT2D eigenvalue weighted by Crippen LogP contribution is -2.47. The van der Waals surface area contributed by atoms with Gasteiger partial charge in [-0.25, -0.2) is 0 Å². The van der Waals surface area contributed by atoms with Gasteiger partial charge in [0.1, 0.15) is 17.5 Å². The summed E-state index contributed by atoms with van der Waals surface area (Å²) in [5, 5.41) is 5.60. The minimum atomic E-state index is -0.474. The fourth-order valence-corrected chi connectivity index (χ4v) is 3.68. The fourth-order valence-electron chi connectivity index (χ4n) is 3.68. The molecule has 2 N–H and O–H groups in total. The number of ether oxygens (including phenoxy) is 2. The molecular weight excluding hydrogens is 410 g/mol. The smallest absolute Gasteiger partial charge is 0.251 e. The zero-order chi connectivity index (χ0) is 22.9. The van der Waals surface area contributed by atoms with Crippen molar-refractivity contribution in [3.63, 3.8) is 0 Å². The molecule has 0 saturated carbocycles. The van der Waals surface area contributed by atoms with Crippen LogP contribution < -0.4 is 20.1 Å². The van der Waals surface area contributed by atoms with Crippen molar-refractivity contribution < 1.29 is 23.9 Å². The van der Waals surface area contributed by atoms with Crippen molar-refractivity contribution in [2.24, 2.45) is 0 Å². The van der Waals surface area contributed by atoms with Crippen molar-refractivity contribution in [2.45, 2.75) is 25.3 Å². The van der Waals surface area contributed by atoms with Gasteiger partial charge in [0.25, 0.3) is 5.91 Å². The van der Waals surface area contributed by atoms with Gasteiger partial charge in [0.2, 0.25) is 11.8 Å². The third-order valence-corrected chi connectivity index (χ3v) is 5.45. The Morgan fingerprint density at radius 3 is 2.12 bits per heavy atom. The van der Waals surface area contributed by atoms with Gasteiger partial charge in [0, 0.05) is 25.2 Å². The number of benzene rings is 2. The highest BCUT2D eigenvalue weighted by molar-refractivity contribution is 5.94. The number of hydrogen-bond donors (Lipinski definition) is 2. The van der Waals surface area contributed by atoms with Gasteiger partial charge >= 0.3 is 0 Å². The number of likely N-dealkylation sites (tertiary alicyclic amines) is 1. The molecule has 0 unspecified atom stereocenters. The zero-order valence-electron chi connectivity index (χ0n) is 18.4. The number of rotatable bonds is 9. The molecule has 1 aliphatic rings. The van der Waals surface area contributed by atoms with Gasteiger partial charge < -0.3 is 25.0 Å². The number of hydrogen-bond acceptors (Lipinski definition) is 5. The van der Waals surface area contributed by atoms with E-state index in [2.05, 4.69) is 10.6 Å². The molecule has 0 aromatic heterocycles. The highest BCUT2D eigenvalue weighted by atomic mass is 16.5. The first-order valence-electron chi connectivity index (χ1n) is 10.6. The minimum absolute atomic E-state index is 0.0689. The number of nitrogens with zero attached hydrogens (tertiary/aromatic N) is 1. The average molecular weight is 440 g/mol. The number of amides is 3. The summed E-state index contributed by atoms with van der Waals surface area (Å²) in [7, 11) is 3.16. The summed E-state index contributed by atoms with van der Waals surface area (Å²) in [5.41, 5.74) is 1.39. The van der Waals surface area contributed by atoms with Gasteiger partial charge in [-0.15, -0.1) is 0 Å². The van der Waals surface area contributed by atoms with E-state index in [1.807, 2.05) is 24.3 Å².